The van der Waals surface area contributed by atoms with E-state index in [9.17, 15) is 14.7 Å². The molecule has 2 bridgehead atoms. The van der Waals surface area contributed by atoms with Crippen LogP contribution in [-0.2, 0) is 19.9 Å². The molecule has 0 radical (unpaired) electrons. The fourth-order valence-electron chi connectivity index (χ4n) is 5.92. The lowest BCUT2D eigenvalue weighted by atomic mass is 9.80. The Balaban J connectivity index is 1.28. The largest absolute Gasteiger partial charge is 0.454 e. The van der Waals surface area contributed by atoms with Gasteiger partial charge < -0.3 is 14.3 Å². The predicted octanol–water partition coefficient (Wildman–Crippen LogP) is 2.10. The van der Waals surface area contributed by atoms with Crippen LogP contribution in [-0.4, -0.2) is 68.7 Å². The molecule has 176 valence electrons. The van der Waals surface area contributed by atoms with Crippen LogP contribution in [0.15, 0.2) is 29.5 Å². The van der Waals surface area contributed by atoms with E-state index in [0.717, 1.165) is 51.6 Å². The Morgan fingerprint density at radius 2 is 1.91 bits per heavy atom. The topological polar surface area (TPSA) is 114 Å². The highest BCUT2D eigenvalue weighted by Gasteiger charge is 2.53. The fraction of sp³-hybridized carbons (Fsp3) is 0.609. The van der Waals surface area contributed by atoms with Crippen LogP contribution in [0.4, 0.5) is 5.95 Å². The third kappa shape index (κ3) is 4.39. The number of anilines is 1. The number of nitrogens with one attached hydrogen (secondary N) is 1. The first kappa shape index (κ1) is 22.4. The Kier molecular flexibility index (Phi) is 6.15. The van der Waals surface area contributed by atoms with Crippen molar-refractivity contribution in [3.05, 3.63) is 35.0 Å². The number of aliphatic hydroxyl groups is 1. The van der Waals surface area contributed by atoms with Crippen molar-refractivity contribution >= 4 is 29.2 Å². The highest BCUT2D eigenvalue weighted by atomic mass is 32.1. The molecule has 3 saturated heterocycles. The molecule has 3 aliphatic heterocycles. The van der Waals surface area contributed by atoms with E-state index in [1.807, 2.05) is 16.8 Å². The number of carbonyl (C=O) groups is 2. The quantitative estimate of drug-likeness (QED) is 0.468. The van der Waals surface area contributed by atoms with Crippen LogP contribution >= 0.6 is 11.3 Å². The fourth-order valence-corrected chi connectivity index (χ4v) is 6.63. The van der Waals surface area contributed by atoms with Gasteiger partial charge >= 0.3 is 5.97 Å². The van der Waals surface area contributed by atoms with E-state index in [4.69, 9.17) is 4.74 Å². The molecular formula is C23H30N5O4S+. The van der Waals surface area contributed by atoms with Gasteiger partial charge in [-0.2, -0.15) is 11.3 Å². The second kappa shape index (κ2) is 9.08. The molecule has 4 fully saturated rings. The van der Waals surface area contributed by atoms with Crippen molar-refractivity contribution in [1.29, 1.82) is 0 Å². The smallest absolute Gasteiger partial charge is 0.343 e. The Labute approximate surface area is 196 Å². The van der Waals surface area contributed by atoms with Crippen molar-refractivity contribution in [2.75, 3.05) is 31.5 Å². The number of quaternary nitrogens is 1. The van der Waals surface area contributed by atoms with Gasteiger partial charge in [-0.15, -0.1) is 0 Å². The number of amides is 1. The maximum atomic E-state index is 13.5. The van der Waals surface area contributed by atoms with Gasteiger partial charge in [-0.3, -0.25) is 10.1 Å². The van der Waals surface area contributed by atoms with Gasteiger partial charge in [0.1, 0.15) is 19.2 Å². The van der Waals surface area contributed by atoms with Gasteiger partial charge in [0.25, 0.3) is 5.91 Å². The van der Waals surface area contributed by atoms with Gasteiger partial charge in [0, 0.05) is 30.2 Å². The number of aromatic nitrogens is 3. The van der Waals surface area contributed by atoms with Gasteiger partial charge in [-0.1, -0.05) is 12.8 Å². The molecule has 9 nitrogen and oxygen atoms in total. The third-order valence-electron chi connectivity index (χ3n) is 7.74. The standard InChI is InChI=1S/C23H29N5O4S/c29-20(27-22-25-14-24-15-26-22)12-28-8-5-16(6-9-28)19(11-28)32-21(30)23(31,17-3-1-2-4-17)18-7-10-33-13-18/h7,10,13-17,19,31H,1-6,8-9,11-12H2/p+1/t16?,19?,23-,28?/m1/s1. The summed E-state index contributed by atoms with van der Waals surface area (Å²) in [6.45, 7) is 2.62. The third-order valence-corrected chi connectivity index (χ3v) is 8.43. The number of esters is 1. The number of ether oxygens (including phenoxy) is 1. The summed E-state index contributed by atoms with van der Waals surface area (Å²) in [6, 6.07) is 1.83. The Hall–Kier alpha value is -2.43. The molecule has 5 heterocycles. The number of rotatable bonds is 7. The Morgan fingerprint density at radius 3 is 2.58 bits per heavy atom. The molecule has 2 atom stereocenters. The highest BCUT2D eigenvalue weighted by Crippen LogP contribution is 2.43. The van der Waals surface area contributed by atoms with E-state index in [1.165, 1.54) is 24.0 Å². The summed E-state index contributed by atoms with van der Waals surface area (Å²) < 4.78 is 6.66. The van der Waals surface area contributed by atoms with E-state index < -0.39 is 11.6 Å². The van der Waals surface area contributed by atoms with Crippen LogP contribution in [0.25, 0.3) is 0 Å². The Bertz CT molecular complexity index is 974. The summed E-state index contributed by atoms with van der Waals surface area (Å²) in [5.74, 6) is -0.294. The predicted molar refractivity (Wildman–Crippen MR) is 121 cm³/mol. The van der Waals surface area contributed by atoms with Crippen molar-refractivity contribution in [3.8, 4) is 0 Å². The van der Waals surface area contributed by atoms with Gasteiger partial charge in [0.15, 0.2) is 18.2 Å². The molecule has 2 aromatic rings. The monoisotopic (exact) mass is 472 g/mol. The molecule has 33 heavy (non-hydrogen) atoms. The van der Waals surface area contributed by atoms with E-state index >= 15 is 0 Å². The van der Waals surface area contributed by atoms with Crippen LogP contribution in [0.3, 0.4) is 0 Å². The number of fused-ring (bicyclic) bond motifs is 3. The minimum Gasteiger partial charge on any atom is -0.454 e. The zero-order valence-electron chi connectivity index (χ0n) is 18.6. The molecule has 1 amide bonds. The maximum Gasteiger partial charge on any atom is 0.343 e. The van der Waals surface area contributed by atoms with Crippen molar-refractivity contribution in [3.63, 3.8) is 0 Å². The van der Waals surface area contributed by atoms with E-state index in [0.29, 0.717) is 16.6 Å². The van der Waals surface area contributed by atoms with Gasteiger partial charge in [-0.25, -0.2) is 19.7 Å². The van der Waals surface area contributed by atoms with Crippen molar-refractivity contribution in [2.24, 2.45) is 11.8 Å². The van der Waals surface area contributed by atoms with E-state index in [-0.39, 0.29) is 36.3 Å². The first-order chi connectivity index (χ1) is 16.0. The highest BCUT2D eigenvalue weighted by molar-refractivity contribution is 7.08. The Morgan fingerprint density at radius 1 is 1.18 bits per heavy atom. The van der Waals surface area contributed by atoms with Crippen molar-refractivity contribution < 1.29 is 23.9 Å². The van der Waals surface area contributed by atoms with Crippen LogP contribution in [0.2, 0.25) is 0 Å². The van der Waals surface area contributed by atoms with Gasteiger partial charge in [0.2, 0.25) is 5.95 Å². The lowest BCUT2D eigenvalue weighted by Gasteiger charge is -2.51. The summed E-state index contributed by atoms with van der Waals surface area (Å²) in [6.07, 6.45) is 7.89. The SMILES string of the molecule is O=C(C[N+]12CCC(CC1)C(OC(=O)[C@](O)(c1ccsc1)C1CCCC1)C2)Nc1ncncn1. The molecule has 1 unspecified atom stereocenters. The summed E-state index contributed by atoms with van der Waals surface area (Å²) in [5.41, 5.74) is -0.949. The number of piperidine rings is 3. The van der Waals surface area contributed by atoms with Crippen molar-refractivity contribution in [2.45, 2.75) is 50.2 Å². The van der Waals surface area contributed by atoms with Crippen LogP contribution in [0.5, 0.6) is 0 Å². The molecular weight excluding hydrogens is 442 g/mol. The number of carbonyl (C=O) groups excluding carboxylic acids is 2. The molecule has 2 N–H and O–H groups in total. The zero-order chi connectivity index (χ0) is 22.9. The second-order valence-corrected chi connectivity index (χ2v) is 10.5. The first-order valence-corrected chi connectivity index (χ1v) is 12.7. The molecule has 10 heteroatoms. The van der Waals surface area contributed by atoms with Crippen LogP contribution in [0, 0.1) is 11.8 Å². The van der Waals surface area contributed by atoms with Gasteiger partial charge in [-0.05, 0) is 29.7 Å². The first-order valence-electron chi connectivity index (χ1n) is 11.7. The minimum absolute atomic E-state index is 0.116. The summed E-state index contributed by atoms with van der Waals surface area (Å²) >= 11 is 1.48. The lowest BCUT2D eigenvalue weighted by molar-refractivity contribution is -0.939. The van der Waals surface area contributed by atoms with Crippen molar-refractivity contribution in [1.82, 2.24) is 15.0 Å². The van der Waals surface area contributed by atoms with E-state index in [2.05, 4.69) is 20.3 Å². The number of hydrogen-bond donors (Lipinski definition) is 2. The zero-order valence-corrected chi connectivity index (χ0v) is 19.4. The molecule has 4 aliphatic rings. The number of hydrogen-bond acceptors (Lipinski definition) is 8. The lowest BCUT2D eigenvalue weighted by Crippen LogP contribution is -2.66. The summed E-state index contributed by atoms with van der Waals surface area (Å²) in [7, 11) is 0. The normalized spacial score (nSPS) is 28.9. The molecule has 1 saturated carbocycles. The minimum atomic E-state index is -1.59. The average molecular weight is 473 g/mol. The number of nitrogens with zero attached hydrogens (tertiary/aromatic N) is 4. The molecule has 6 rings (SSSR count). The summed E-state index contributed by atoms with van der Waals surface area (Å²) in [4.78, 5) is 37.9. The number of thiophene rings is 1. The van der Waals surface area contributed by atoms with E-state index in [1.54, 1.807) is 0 Å². The maximum absolute atomic E-state index is 13.5. The average Bonchev–Trinajstić information content (AvgIpc) is 3.54. The van der Waals surface area contributed by atoms with Gasteiger partial charge in [0.05, 0.1) is 13.1 Å². The molecule has 1 aliphatic carbocycles. The van der Waals surface area contributed by atoms with Crippen LogP contribution < -0.4 is 5.32 Å². The molecule has 2 aromatic heterocycles. The molecule has 0 aromatic carbocycles. The van der Waals surface area contributed by atoms with Crippen LogP contribution in [0.1, 0.15) is 44.1 Å². The molecule has 0 spiro atoms. The second-order valence-electron chi connectivity index (χ2n) is 9.68. The summed E-state index contributed by atoms with van der Waals surface area (Å²) in [5, 5.41) is 18.1.